The van der Waals surface area contributed by atoms with E-state index in [0.29, 0.717) is 0 Å². The van der Waals surface area contributed by atoms with Crippen LogP contribution < -0.4 is 10.5 Å². The number of nitrogens with two attached hydrogens (primary N) is 1. The van der Waals surface area contributed by atoms with Gasteiger partial charge in [-0.05, 0) is 30.7 Å². The highest BCUT2D eigenvalue weighted by molar-refractivity contribution is 9.10. The zero-order valence-corrected chi connectivity index (χ0v) is 8.76. The van der Waals surface area contributed by atoms with Gasteiger partial charge < -0.3 is 10.5 Å². The molecule has 0 heterocycles. The van der Waals surface area contributed by atoms with Crippen molar-refractivity contribution >= 4 is 15.9 Å². The minimum atomic E-state index is 0.0383. The predicted octanol–water partition coefficient (Wildman–Crippen LogP) is 2.48. The third-order valence-electron chi connectivity index (χ3n) is 1.66. The second kappa shape index (κ2) is 3.92. The molecule has 1 aromatic rings. The van der Waals surface area contributed by atoms with Crippen LogP contribution in [0.3, 0.4) is 0 Å². The van der Waals surface area contributed by atoms with Crippen molar-refractivity contribution in [2.24, 2.45) is 5.73 Å². The van der Waals surface area contributed by atoms with Crippen LogP contribution in [0, 0.1) is 0 Å². The number of halogens is 1. The Labute approximate surface area is 80.8 Å². The molecule has 1 rings (SSSR count). The van der Waals surface area contributed by atoms with Gasteiger partial charge in [0, 0.05) is 10.5 Å². The van der Waals surface area contributed by atoms with Crippen molar-refractivity contribution in [1.82, 2.24) is 0 Å². The van der Waals surface area contributed by atoms with E-state index < -0.39 is 0 Å². The van der Waals surface area contributed by atoms with Gasteiger partial charge in [-0.15, -0.1) is 0 Å². The molecule has 0 aliphatic rings. The lowest BCUT2D eigenvalue weighted by Crippen LogP contribution is -2.04. The molecule has 0 saturated carbocycles. The predicted molar refractivity (Wildman–Crippen MR) is 53.3 cm³/mol. The minimum Gasteiger partial charge on any atom is -0.497 e. The molecule has 0 aromatic heterocycles. The van der Waals surface area contributed by atoms with Crippen molar-refractivity contribution < 1.29 is 4.74 Å². The van der Waals surface area contributed by atoms with Gasteiger partial charge in [-0.1, -0.05) is 15.9 Å². The molecule has 0 saturated heterocycles. The fraction of sp³-hybridized carbons (Fsp3) is 0.333. The van der Waals surface area contributed by atoms with Crippen LogP contribution in [0.4, 0.5) is 0 Å². The summed E-state index contributed by atoms with van der Waals surface area (Å²) in [6.07, 6.45) is 0. The van der Waals surface area contributed by atoms with Crippen LogP contribution in [0.25, 0.3) is 0 Å². The summed E-state index contributed by atoms with van der Waals surface area (Å²) in [5.41, 5.74) is 6.80. The standard InChI is InChI=1S/C9H12BrNO/c1-6(11)7-3-8(10)5-9(4-7)12-2/h3-6H,11H2,1-2H3/t6-/m0/s1. The summed E-state index contributed by atoms with van der Waals surface area (Å²) in [6.45, 7) is 1.95. The number of rotatable bonds is 2. The summed E-state index contributed by atoms with van der Waals surface area (Å²) in [7, 11) is 1.65. The van der Waals surface area contributed by atoms with Crippen molar-refractivity contribution in [3.05, 3.63) is 28.2 Å². The number of hydrogen-bond donors (Lipinski definition) is 1. The first-order valence-corrected chi connectivity index (χ1v) is 4.53. The summed E-state index contributed by atoms with van der Waals surface area (Å²) in [4.78, 5) is 0. The quantitative estimate of drug-likeness (QED) is 0.846. The Bertz CT molecular complexity index is 273. The maximum absolute atomic E-state index is 5.73. The van der Waals surface area contributed by atoms with Gasteiger partial charge in [0.1, 0.15) is 5.75 Å². The minimum absolute atomic E-state index is 0.0383. The third kappa shape index (κ3) is 2.22. The van der Waals surface area contributed by atoms with Crippen LogP contribution in [-0.4, -0.2) is 7.11 Å². The lowest BCUT2D eigenvalue weighted by molar-refractivity contribution is 0.413. The number of hydrogen-bond acceptors (Lipinski definition) is 2. The summed E-state index contributed by atoms with van der Waals surface area (Å²) in [5.74, 6) is 0.830. The van der Waals surface area contributed by atoms with Gasteiger partial charge >= 0.3 is 0 Å². The summed E-state index contributed by atoms with van der Waals surface area (Å²) in [5, 5.41) is 0. The SMILES string of the molecule is COc1cc(Br)cc([C@H](C)N)c1. The molecule has 2 N–H and O–H groups in total. The highest BCUT2D eigenvalue weighted by Crippen LogP contribution is 2.23. The van der Waals surface area contributed by atoms with Crippen LogP contribution in [0.5, 0.6) is 5.75 Å². The number of methoxy groups -OCH3 is 1. The molecule has 1 aromatic carbocycles. The number of ether oxygens (including phenoxy) is 1. The fourth-order valence-corrected chi connectivity index (χ4v) is 1.46. The smallest absolute Gasteiger partial charge is 0.120 e. The van der Waals surface area contributed by atoms with E-state index in [4.69, 9.17) is 10.5 Å². The normalized spacial score (nSPS) is 12.7. The molecule has 0 radical (unpaired) electrons. The van der Waals surface area contributed by atoms with Crippen LogP contribution in [0.15, 0.2) is 22.7 Å². The summed E-state index contributed by atoms with van der Waals surface area (Å²) in [6, 6.07) is 5.88. The average molecular weight is 230 g/mol. The summed E-state index contributed by atoms with van der Waals surface area (Å²) < 4.78 is 6.09. The van der Waals surface area contributed by atoms with Gasteiger partial charge in [0.2, 0.25) is 0 Å². The Balaban J connectivity index is 3.06. The molecule has 0 fully saturated rings. The van der Waals surface area contributed by atoms with E-state index in [0.717, 1.165) is 15.8 Å². The van der Waals surface area contributed by atoms with Crippen molar-refractivity contribution in [2.45, 2.75) is 13.0 Å². The van der Waals surface area contributed by atoms with Crippen molar-refractivity contribution in [3.8, 4) is 5.75 Å². The highest BCUT2D eigenvalue weighted by Gasteiger charge is 2.02. The molecule has 2 nitrogen and oxygen atoms in total. The molecule has 0 aliphatic carbocycles. The van der Waals surface area contributed by atoms with E-state index in [2.05, 4.69) is 15.9 Å². The molecular weight excluding hydrogens is 218 g/mol. The maximum atomic E-state index is 5.73. The molecule has 0 aliphatic heterocycles. The second-order valence-electron chi connectivity index (χ2n) is 2.71. The van der Waals surface area contributed by atoms with E-state index in [1.807, 2.05) is 25.1 Å². The van der Waals surface area contributed by atoms with Gasteiger partial charge in [0.25, 0.3) is 0 Å². The topological polar surface area (TPSA) is 35.2 Å². The lowest BCUT2D eigenvalue weighted by Gasteiger charge is -2.08. The van der Waals surface area contributed by atoms with Crippen LogP contribution in [-0.2, 0) is 0 Å². The first-order valence-electron chi connectivity index (χ1n) is 3.73. The Morgan fingerprint density at radius 3 is 2.58 bits per heavy atom. The molecule has 0 unspecified atom stereocenters. The third-order valence-corrected chi connectivity index (χ3v) is 2.11. The van der Waals surface area contributed by atoms with Gasteiger partial charge in [0.15, 0.2) is 0 Å². The maximum Gasteiger partial charge on any atom is 0.120 e. The van der Waals surface area contributed by atoms with Crippen molar-refractivity contribution in [3.63, 3.8) is 0 Å². The zero-order chi connectivity index (χ0) is 9.14. The molecule has 0 amide bonds. The molecular formula is C9H12BrNO. The Hall–Kier alpha value is -0.540. The van der Waals surface area contributed by atoms with E-state index in [-0.39, 0.29) is 6.04 Å². The Morgan fingerprint density at radius 2 is 2.08 bits per heavy atom. The van der Waals surface area contributed by atoms with E-state index in [9.17, 15) is 0 Å². The van der Waals surface area contributed by atoms with Gasteiger partial charge in [-0.3, -0.25) is 0 Å². The molecule has 0 spiro atoms. The van der Waals surface area contributed by atoms with E-state index in [1.165, 1.54) is 0 Å². The first kappa shape index (κ1) is 9.55. The van der Waals surface area contributed by atoms with Crippen LogP contribution in [0.1, 0.15) is 18.5 Å². The van der Waals surface area contributed by atoms with Gasteiger partial charge in [-0.25, -0.2) is 0 Å². The molecule has 0 bridgehead atoms. The van der Waals surface area contributed by atoms with Crippen LogP contribution in [0.2, 0.25) is 0 Å². The average Bonchev–Trinajstić information content (AvgIpc) is 2.03. The van der Waals surface area contributed by atoms with Gasteiger partial charge in [-0.2, -0.15) is 0 Å². The monoisotopic (exact) mass is 229 g/mol. The van der Waals surface area contributed by atoms with E-state index in [1.54, 1.807) is 7.11 Å². The molecule has 66 valence electrons. The van der Waals surface area contributed by atoms with Crippen molar-refractivity contribution in [1.29, 1.82) is 0 Å². The number of benzene rings is 1. The summed E-state index contributed by atoms with van der Waals surface area (Å²) >= 11 is 3.39. The van der Waals surface area contributed by atoms with Crippen LogP contribution >= 0.6 is 15.9 Å². The lowest BCUT2D eigenvalue weighted by atomic mass is 10.1. The Morgan fingerprint density at radius 1 is 1.42 bits per heavy atom. The second-order valence-corrected chi connectivity index (χ2v) is 3.63. The fourth-order valence-electron chi connectivity index (χ4n) is 0.965. The Kier molecular flexibility index (Phi) is 3.12. The highest BCUT2D eigenvalue weighted by atomic mass is 79.9. The zero-order valence-electron chi connectivity index (χ0n) is 7.17. The first-order chi connectivity index (χ1) is 5.63. The largest absolute Gasteiger partial charge is 0.497 e. The molecule has 12 heavy (non-hydrogen) atoms. The molecule has 3 heteroatoms. The van der Waals surface area contributed by atoms with Crippen molar-refractivity contribution in [2.75, 3.05) is 7.11 Å². The molecule has 1 atom stereocenters. The van der Waals surface area contributed by atoms with Gasteiger partial charge in [0.05, 0.1) is 7.11 Å². The van der Waals surface area contributed by atoms with E-state index >= 15 is 0 Å².